The molecule has 0 spiro atoms. The smallest absolute Gasteiger partial charge is 0.201 e. The molecule has 3 aromatic rings. The Morgan fingerprint density at radius 2 is 1.11 bits per heavy atom. The summed E-state index contributed by atoms with van der Waals surface area (Å²) in [6.07, 6.45) is 17.2. The first kappa shape index (κ1) is 33.5. The van der Waals surface area contributed by atoms with Crippen LogP contribution in [0.25, 0.3) is 22.3 Å². The fourth-order valence-corrected chi connectivity index (χ4v) is 7.94. The fraction of sp³-hybridized carbons (Fsp3) is 0.550. The maximum Gasteiger partial charge on any atom is 0.201 e. The molecular formula is C40H50F4O. The normalized spacial score (nSPS) is 22.0. The van der Waals surface area contributed by atoms with Crippen LogP contribution in [-0.2, 0) is 0 Å². The SMILES string of the molecule is CCCCCCCOc1ccc(-c2ccc(-c3ccc(C4CCC(C5CCC(CCC)CC5)CC4)c(F)c3F)cc2)c(F)c1F. The fourth-order valence-electron chi connectivity index (χ4n) is 7.94. The van der Waals surface area contributed by atoms with Crippen LogP contribution < -0.4 is 4.74 Å². The van der Waals surface area contributed by atoms with Gasteiger partial charge in [-0.2, -0.15) is 4.39 Å². The number of hydrogen-bond acceptors (Lipinski definition) is 1. The molecule has 2 fully saturated rings. The van der Waals surface area contributed by atoms with E-state index in [2.05, 4.69) is 13.8 Å². The maximum absolute atomic E-state index is 15.5. The minimum absolute atomic E-state index is 0.0505. The van der Waals surface area contributed by atoms with E-state index < -0.39 is 23.3 Å². The molecule has 0 heterocycles. The second kappa shape index (κ2) is 16.1. The van der Waals surface area contributed by atoms with Crippen molar-refractivity contribution in [1.82, 2.24) is 0 Å². The van der Waals surface area contributed by atoms with E-state index in [4.69, 9.17) is 4.74 Å². The average molecular weight is 623 g/mol. The molecule has 0 unspecified atom stereocenters. The van der Waals surface area contributed by atoms with Gasteiger partial charge in [0.25, 0.3) is 0 Å². The average Bonchev–Trinajstić information content (AvgIpc) is 3.07. The zero-order valence-electron chi connectivity index (χ0n) is 27.2. The molecule has 5 rings (SSSR count). The van der Waals surface area contributed by atoms with E-state index in [0.29, 0.717) is 23.3 Å². The highest BCUT2D eigenvalue weighted by Crippen LogP contribution is 2.45. The van der Waals surface area contributed by atoms with Gasteiger partial charge >= 0.3 is 0 Å². The molecule has 0 N–H and O–H groups in total. The summed E-state index contributed by atoms with van der Waals surface area (Å²) in [5.41, 5.74) is 1.71. The lowest BCUT2D eigenvalue weighted by Gasteiger charge is -2.38. The van der Waals surface area contributed by atoms with E-state index in [9.17, 15) is 8.78 Å². The molecule has 0 radical (unpaired) electrons. The Morgan fingerprint density at radius 3 is 1.71 bits per heavy atom. The topological polar surface area (TPSA) is 9.23 Å². The summed E-state index contributed by atoms with van der Waals surface area (Å²) in [6.45, 7) is 4.76. The Labute approximate surface area is 267 Å². The Bertz CT molecular complexity index is 1370. The van der Waals surface area contributed by atoms with Crippen molar-refractivity contribution in [1.29, 1.82) is 0 Å². The predicted molar refractivity (Wildman–Crippen MR) is 176 cm³/mol. The summed E-state index contributed by atoms with van der Waals surface area (Å²) < 4.78 is 66.2. The highest BCUT2D eigenvalue weighted by molar-refractivity contribution is 5.72. The van der Waals surface area contributed by atoms with Crippen molar-refractivity contribution in [2.75, 3.05) is 6.61 Å². The Hall–Kier alpha value is -2.82. The summed E-state index contributed by atoms with van der Waals surface area (Å²) in [5, 5.41) is 0. The molecule has 244 valence electrons. The van der Waals surface area contributed by atoms with Crippen molar-refractivity contribution >= 4 is 0 Å². The third-order valence-electron chi connectivity index (χ3n) is 10.6. The molecule has 2 aliphatic rings. The van der Waals surface area contributed by atoms with Gasteiger partial charge in [-0.3, -0.25) is 0 Å². The second-order valence-electron chi connectivity index (χ2n) is 13.6. The summed E-state index contributed by atoms with van der Waals surface area (Å²) in [6, 6.07) is 12.9. The van der Waals surface area contributed by atoms with Crippen LogP contribution in [0.4, 0.5) is 17.6 Å². The summed E-state index contributed by atoms with van der Waals surface area (Å²) in [7, 11) is 0. The summed E-state index contributed by atoms with van der Waals surface area (Å²) in [5.74, 6) is -1.21. The molecule has 0 atom stereocenters. The maximum atomic E-state index is 15.5. The molecule has 0 bridgehead atoms. The number of hydrogen-bond donors (Lipinski definition) is 0. The highest BCUT2D eigenvalue weighted by Gasteiger charge is 2.32. The molecule has 0 saturated heterocycles. The second-order valence-corrected chi connectivity index (χ2v) is 13.6. The summed E-state index contributed by atoms with van der Waals surface area (Å²) >= 11 is 0. The van der Waals surface area contributed by atoms with E-state index in [0.717, 1.165) is 75.5 Å². The number of benzene rings is 3. The molecule has 1 nitrogen and oxygen atoms in total. The zero-order valence-corrected chi connectivity index (χ0v) is 27.2. The minimum atomic E-state index is -1.01. The van der Waals surface area contributed by atoms with Crippen LogP contribution in [0.15, 0.2) is 48.5 Å². The lowest BCUT2D eigenvalue weighted by atomic mass is 9.68. The molecule has 0 aliphatic heterocycles. The Morgan fingerprint density at radius 1 is 0.556 bits per heavy atom. The lowest BCUT2D eigenvalue weighted by Crippen LogP contribution is -2.25. The first-order valence-electron chi connectivity index (χ1n) is 17.6. The number of rotatable bonds is 13. The van der Waals surface area contributed by atoms with Gasteiger partial charge in [-0.15, -0.1) is 0 Å². The van der Waals surface area contributed by atoms with Gasteiger partial charge in [-0.05, 0) is 97.4 Å². The van der Waals surface area contributed by atoms with Gasteiger partial charge < -0.3 is 4.74 Å². The molecule has 2 saturated carbocycles. The molecule has 3 aromatic carbocycles. The molecule has 0 amide bonds. The van der Waals surface area contributed by atoms with Gasteiger partial charge in [0.2, 0.25) is 5.82 Å². The van der Waals surface area contributed by atoms with Gasteiger partial charge in [0, 0.05) is 11.1 Å². The van der Waals surface area contributed by atoms with Crippen molar-refractivity contribution in [3.8, 4) is 28.0 Å². The molecule has 2 aliphatic carbocycles. The standard InChI is InChI=1S/C40H50F4O/c1-3-5-6-7-8-26-45-36-25-24-35(39(43)40(36)44)32-20-18-31(19-21-32)34-23-22-33(37(41)38(34)42)30-16-14-29(15-17-30)28-12-10-27(9-4-2)11-13-28/h18-25,27-30H,3-17,26H2,1-2H3. The largest absolute Gasteiger partial charge is 0.490 e. The third kappa shape index (κ3) is 8.13. The number of unbranched alkanes of at least 4 members (excludes halogenated alkanes) is 4. The van der Waals surface area contributed by atoms with Crippen LogP contribution in [-0.4, -0.2) is 6.61 Å². The van der Waals surface area contributed by atoms with Crippen molar-refractivity contribution in [3.63, 3.8) is 0 Å². The Balaban J connectivity index is 1.20. The van der Waals surface area contributed by atoms with Crippen LogP contribution in [0.3, 0.4) is 0 Å². The van der Waals surface area contributed by atoms with Gasteiger partial charge in [0.05, 0.1) is 6.61 Å². The van der Waals surface area contributed by atoms with Crippen molar-refractivity contribution in [2.24, 2.45) is 17.8 Å². The lowest BCUT2D eigenvalue weighted by molar-refractivity contribution is 0.156. The third-order valence-corrected chi connectivity index (χ3v) is 10.6. The van der Waals surface area contributed by atoms with E-state index in [1.54, 1.807) is 36.4 Å². The van der Waals surface area contributed by atoms with Gasteiger partial charge in [-0.25, -0.2) is 13.2 Å². The number of ether oxygens (including phenoxy) is 1. The van der Waals surface area contributed by atoms with Crippen molar-refractivity contribution in [2.45, 2.75) is 116 Å². The molecule has 45 heavy (non-hydrogen) atoms. The first-order chi connectivity index (χ1) is 21.9. The Kier molecular flexibility index (Phi) is 12.0. The van der Waals surface area contributed by atoms with Crippen molar-refractivity contribution < 1.29 is 22.3 Å². The van der Waals surface area contributed by atoms with Gasteiger partial charge in [0.1, 0.15) is 0 Å². The van der Waals surface area contributed by atoms with Crippen LogP contribution in [0, 0.1) is 41.0 Å². The van der Waals surface area contributed by atoms with Crippen LogP contribution in [0.1, 0.15) is 122 Å². The summed E-state index contributed by atoms with van der Waals surface area (Å²) in [4.78, 5) is 0. The molecule has 5 heteroatoms. The molecular weight excluding hydrogens is 572 g/mol. The molecule has 0 aromatic heterocycles. The number of halogens is 4. The van der Waals surface area contributed by atoms with Crippen molar-refractivity contribution in [3.05, 3.63) is 77.4 Å². The highest BCUT2D eigenvalue weighted by atomic mass is 19.2. The first-order valence-corrected chi connectivity index (χ1v) is 17.6. The minimum Gasteiger partial charge on any atom is -0.490 e. The van der Waals surface area contributed by atoms with E-state index in [1.165, 1.54) is 50.7 Å². The van der Waals surface area contributed by atoms with E-state index in [1.807, 2.05) is 0 Å². The van der Waals surface area contributed by atoms with Crippen LogP contribution in [0.2, 0.25) is 0 Å². The quantitative estimate of drug-likeness (QED) is 0.136. The van der Waals surface area contributed by atoms with E-state index in [-0.39, 0.29) is 22.8 Å². The van der Waals surface area contributed by atoms with Gasteiger partial charge in [0.15, 0.2) is 23.2 Å². The monoisotopic (exact) mass is 622 g/mol. The predicted octanol–water partition coefficient (Wildman–Crippen LogP) is 12.8. The van der Waals surface area contributed by atoms with Gasteiger partial charge in [-0.1, -0.05) is 102 Å². The van der Waals surface area contributed by atoms with Crippen LogP contribution in [0.5, 0.6) is 5.75 Å². The zero-order chi connectivity index (χ0) is 31.8. The van der Waals surface area contributed by atoms with Crippen LogP contribution >= 0.6 is 0 Å². The van der Waals surface area contributed by atoms with E-state index >= 15 is 8.78 Å².